The summed E-state index contributed by atoms with van der Waals surface area (Å²) < 4.78 is 12.4. The van der Waals surface area contributed by atoms with Gasteiger partial charge in [-0.3, -0.25) is 0 Å². The lowest BCUT2D eigenvalue weighted by Gasteiger charge is -2.11. The maximum atomic E-state index is 10.2. The third kappa shape index (κ3) is 3.38. The van der Waals surface area contributed by atoms with Gasteiger partial charge in [-0.25, -0.2) is 4.98 Å². The van der Waals surface area contributed by atoms with Crippen LogP contribution in [0.4, 0.5) is 5.95 Å². The number of rotatable bonds is 6. The molecule has 3 aromatic rings. The minimum atomic E-state index is 0.139. The molecule has 6 heteroatoms. The highest BCUT2D eigenvalue weighted by molar-refractivity contribution is 5.63. The molecule has 3 rings (SSSR count). The molecular formula is C19H21N3O3. The molecule has 2 N–H and O–H groups in total. The van der Waals surface area contributed by atoms with Gasteiger partial charge in [0, 0.05) is 24.7 Å². The van der Waals surface area contributed by atoms with Gasteiger partial charge in [0.15, 0.2) is 11.5 Å². The van der Waals surface area contributed by atoms with Crippen LogP contribution in [0.3, 0.4) is 0 Å². The first-order valence-corrected chi connectivity index (χ1v) is 7.89. The van der Waals surface area contributed by atoms with E-state index in [1.807, 2.05) is 54.2 Å². The molecule has 1 heterocycles. The van der Waals surface area contributed by atoms with Crippen LogP contribution in [0.5, 0.6) is 17.2 Å². The fourth-order valence-electron chi connectivity index (χ4n) is 2.67. The zero-order valence-electron chi connectivity index (χ0n) is 14.5. The SMILES string of the molecule is COc1cccc(-c2cnc(NCc3cccc(OC)c3O)n2C)c1. The van der Waals surface area contributed by atoms with Crippen LogP contribution in [0.1, 0.15) is 5.56 Å². The summed E-state index contributed by atoms with van der Waals surface area (Å²) >= 11 is 0. The van der Waals surface area contributed by atoms with Crippen LogP contribution < -0.4 is 14.8 Å². The molecule has 25 heavy (non-hydrogen) atoms. The van der Waals surface area contributed by atoms with E-state index < -0.39 is 0 Å². The summed E-state index contributed by atoms with van der Waals surface area (Å²) in [7, 11) is 5.12. The van der Waals surface area contributed by atoms with Gasteiger partial charge in [-0.2, -0.15) is 0 Å². The second-order valence-corrected chi connectivity index (χ2v) is 5.58. The fourth-order valence-corrected chi connectivity index (χ4v) is 2.67. The van der Waals surface area contributed by atoms with Gasteiger partial charge >= 0.3 is 0 Å². The Morgan fingerprint density at radius 2 is 1.92 bits per heavy atom. The molecule has 0 aliphatic carbocycles. The minimum absolute atomic E-state index is 0.139. The summed E-state index contributed by atoms with van der Waals surface area (Å²) in [4.78, 5) is 4.43. The quantitative estimate of drug-likeness (QED) is 0.720. The number of ether oxygens (including phenoxy) is 2. The van der Waals surface area contributed by atoms with Crippen LogP contribution in [0.15, 0.2) is 48.7 Å². The number of nitrogens with one attached hydrogen (secondary N) is 1. The highest BCUT2D eigenvalue weighted by Crippen LogP contribution is 2.30. The summed E-state index contributed by atoms with van der Waals surface area (Å²) in [5.74, 6) is 2.10. The Morgan fingerprint density at radius 1 is 1.12 bits per heavy atom. The molecule has 1 aromatic heterocycles. The van der Waals surface area contributed by atoms with Gasteiger partial charge in [0.05, 0.1) is 26.1 Å². The molecule has 0 fully saturated rings. The van der Waals surface area contributed by atoms with Crippen molar-refractivity contribution in [2.24, 2.45) is 7.05 Å². The number of phenols is 1. The normalized spacial score (nSPS) is 10.5. The lowest BCUT2D eigenvalue weighted by molar-refractivity contribution is 0.371. The molecule has 130 valence electrons. The average Bonchev–Trinajstić information content (AvgIpc) is 3.01. The molecule has 6 nitrogen and oxygen atoms in total. The van der Waals surface area contributed by atoms with Crippen molar-refractivity contribution in [3.63, 3.8) is 0 Å². The van der Waals surface area contributed by atoms with E-state index in [0.29, 0.717) is 18.2 Å². The van der Waals surface area contributed by atoms with Crippen molar-refractivity contribution in [1.82, 2.24) is 9.55 Å². The number of phenolic OH excluding ortho intramolecular Hbond substituents is 1. The number of imidazole rings is 1. The van der Waals surface area contributed by atoms with Gasteiger partial charge in [-0.1, -0.05) is 24.3 Å². The average molecular weight is 339 g/mol. The molecule has 2 aromatic carbocycles. The Bertz CT molecular complexity index is 874. The molecule has 0 saturated heterocycles. The van der Waals surface area contributed by atoms with Crippen molar-refractivity contribution in [2.75, 3.05) is 19.5 Å². The molecule has 0 atom stereocenters. The number of hydrogen-bond donors (Lipinski definition) is 2. The molecule has 0 aliphatic heterocycles. The zero-order chi connectivity index (χ0) is 17.8. The van der Waals surface area contributed by atoms with Crippen molar-refractivity contribution in [3.8, 4) is 28.5 Å². The van der Waals surface area contributed by atoms with Crippen molar-refractivity contribution in [1.29, 1.82) is 0 Å². The number of anilines is 1. The fraction of sp³-hybridized carbons (Fsp3) is 0.211. The molecule has 0 spiro atoms. The van der Waals surface area contributed by atoms with Gasteiger partial charge in [-0.15, -0.1) is 0 Å². The van der Waals surface area contributed by atoms with Crippen LogP contribution in [0, 0.1) is 0 Å². The second-order valence-electron chi connectivity index (χ2n) is 5.58. The van der Waals surface area contributed by atoms with Gasteiger partial charge in [-0.05, 0) is 18.2 Å². The number of para-hydroxylation sites is 1. The number of aromatic hydroxyl groups is 1. The second kappa shape index (κ2) is 7.17. The predicted octanol–water partition coefficient (Wildman–Crippen LogP) is 3.42. The monoisotopic (exact) mass is 339 g/mol. The van der Waals surface area contributed by atoms with E-state index in [4.69, 9.17) is 9.47 Å². The Kier molecular flexibility index (Phi) is 4.79. The van der Waals surface area contributed by atoms with E-state index in [9.17, 15) is 5.11 Å². The van der Waals surface area contributed by atoms with Crippen LogP contribution in [-0.2, 0) is 13.6 Å². The maximum Gasteiger partial charge on any atom is 0.203 e. The number of benzene rings is 2. The highest BCUT2D eigenvalue weighted by Gasteiger charge is 2.11. The first-order valence-electron chi connectivity index (χ1n) is 7.89. The third-order valence-corrected chi connectivity index (χ3v) is 4.09. The van der Waals surface area contributed by atoms with Crippen molar-refractivity contribution in [2.45, 2.75) is 6.54 Å². The lowest BCUT2D eigenvalue weighted by Crippen LogP contribution is -2.06. The van der Waals surface area contributed by atoms with E-state index in [2.05, 4.69) is 10.3 Å². The summed E-state index contributed by atoms with van der Waals surface area (Å²) in [5.41, 5.74) is 2.73. The molecule has 0 saturated carbocycles. The standard InChI is InChI=1S/C19H21N3O3/c1-22-16(13-6-4-8-15(10-13)24-2)12-21-19(22)20-11-14-7-5-9-17(25-3)18(14)23/h4-10,12,23H,11H2,1-3H3,(H,20,21). The topological polar surface area (TPSA) is 68.5 Å². The van der Waals surface area contributed by atoms with E-state index in [1.165, 1.54) is 7.11 Å². The van der Waals surface area contributed by atoms with Gasteiger partial charge < -0.3 is 24.5 Å². The van der Waals surface area contributed by atoms with E-state index >= 15 is 0 Å². The summed E-state index contributed by atoms with van der Waals surface area (Å²) in [5, 5.41) is 13.4. The summed E-state index contributed by atoms with van der Waals surface area (Å²) in [6.45, 7) is 0.436. The summed E-state index contributed by atoms with van der Waals surface area (Å²) in [6, 6.07) is 13.2. The van der Waals surface area contributed by atoms with Crippen molar-refractivity contribution >= 4 is 5.95 Å². The molecule has 0 bridgehead atoms. The minimum Gasteiger partial charge on any atom is -0.504 e. The molecule has 0 aliphatic rings. The first-order chi connectivity index (χ1) is 12.1. The lowest BCUT2D eigenvalue weighted by atomic mass is 10.1. The van der Waals surface area contributed by atoms with Gasteiger partial charge in [0.25, 0.3) is 0 Å². The maximum absolute atomic E-state index is 10.2. The van der Waals surface area contributed by atoms with Crippen LogP contribution in [0.2, 0.25) is 0 Å². The highest BCUT2D eigenvalue weighted by atomic mass is 16.5. The first kappa shape index (κ1) is 16.7. The Morgan fingerprint density at radius 3 is 2.68 bits per heavy atom. The Balaban J connectivity index is 1.80. The number of nitrogens with zero attached hydrogens (tertiary/aromatic N) is 2. The predicted molar refractivity (Wildman–Crippen MR) is 97.2 cm³/mol. The molecule has 0 unspecified atom stereocenters. The van der Waals surface area contributed by atoms with E-state index in [1.54, 1.807) is 13.2 Å². The van der Waals surface area contributed by atoms with Crippen molar-refractivity contribution in [3.05, 3.63) is 54.2 Å². The Labute approximate surface area is 146 Å². The smallest absolute Gasteiger partial charge is 0.203 e. The van der Waals surface area contributed by atoms with Gasteiger partial charge in [0.2, 0.25) is 5.95 Å². The molecule has 0 radical (unpaired) electrons. The third-order valence-electron chi connectivity index (χ3n) is 4.09. The van der Waals surface area contributed by atoms with Crippen LogP contribution in [0.25, 0.3) is 11.3 Å². The molecule has 0 amide bonds. The van der Waals surface area contributed by atoms with Gasteiger partial charge in [0.1, 0.15) is 5.75 Å². The van der Waals surface area contributed by atoms with Crippen molar-refractivity contribution < 1.29 is 14.6 Å². The summed E-state index contributed by atoms with van der Waals surface area (Å²) in [6.07, 6.45) is 1.81. The largest absolute Gasteiger partial charge is 0.504 e. The van der Waals surface area contributed by atoms with Crippen LogP contribution in [-0.4, -0.2) is 28.9 Å². The Hall–Kier alpha value is -3.15. The molecular weight excluding hydrogens is 318 g/mol. The number of aromatic nitrogens is 2. The number of hydrogen-bond acceptors (Lipinski definition) is 5. The zero-order valence-corrected chi connectivity index (χ0v) is 14.5. The number of methoxy groups -OCH3 is 2. The van der Waals surface area contributed by atoms with E-state index in [-0.39, 0.29) is 5.75 Å². The van der Waals surface area contributed by atoms with E-state index in [0.717, 1.165) is 22.6 Å². The van der Waals surface area contributed by atoms with Crippen LogP contribution >= 0.6 is 0 Å².